The van der Waals surface area contributed by atoms with Crippen LogP contribution in [0.3, 0.4) is 0 Å². The summed E-state index contributed by atoms with van der Waals surface area (Å²) in [5, 5.41) is 9.72. The highest BCUT2D eigenvalue weighted by molar-refractivity contribution is 5.91. The number of rotatable bonds is 5. The van der Waals surface area contributed by atoms with Crippen LogP contribution in [0.4, 0.5) is 18.0 Å². The van der Waals surface area contributed by atoms with Crippen LogP contribution in [0.25, 0.3) is 22.3 Å². The molecular weight excluding hydrogens is 487 g/mol. The number of nitrogens with one attached hydrogen (secondary N) is 1. The molecule has 0 aliphatic carbocycles. The number of amides is 1. The second kappa shape index (κ2) is 10.3. The largest absolute Gasteiger partial charge is 0.493 e. The maximum atomic E-state index is 13.9. The van der Waals surface area contributed by atoms with E-state index in [0.29, 0.717) is 30.5 Å². The molecule has 196 valence electrons. The van der Waals surface area contributed by atoms with E-state index in [1.807, 2.05) is 26.8 Å². The van der Waals surface area contributed by atoms with Gasteiger partial charge in [-0.1, -0.05) is 0 Å². The molecule has 0 unspecified atom stereocenters. The highest BCUT2D eigenvalue weighted by Crippen LogP contribution is 2.39. The zero-order chi connectivity index (χ0) is 26.8. The number of aromatic nitrogens is 3. The second-order valence-electron chi connectivity index (χ2n) is 10.0. The molecular formula is C26H28F3N5O3. The SMILES string of the molecule is CC(C)(C)OC(=O)N1CCC(CCOc2ccc(-c3nc(C#N)nc4[nH]ccc34)cc2C(F)(F)F)CC1. The van der Waals surface area contributed by atoms with Gasteiger partial charge in [0.15, 0.2) is 0 Å². The van der Waals surface area contributed by atoms with Crippen molar-refractivity contribution in [2.45, 2.75) is 51.8 Å². The van der Waals surface area contributed by atoms with E-state index in [1.165, 1.54) is 12.1 Å². The number of carbonyl (C=O) groups is 1. The van der Waals surface area contributed by atoms with Crippen LogP contribution in [-0.4, -0.2) is 51.2 Å². The predicted molar refractivity (Wildman–Crippen MR) is 130 cm³/mol. The van der Waals surface area contributed by atoms with E-state index in [1.54, 1.807) is 17.2 Å². The summed E-state index contributed by atoms with van der Waals surface area (Å²) in [6.45, 7) is 6.64. The van der Waals surface area contributed by atoms with Crippen molar-refractivity contribution in [3.8, 4) is 23.1 Å². The maximum absolute atomic E-state index is 13.9. The Bertz CT molecular complexity index is 1320. The third-order valence-electron chi connectivity index (χ3n) is 6.12. The molecule has 0 spiro atoms. The number of ether oxygens (including phenoxy) is 2. The minimum Gasteiger partial charge on any atom is -0.493 e. The Morgan fingerprint density at radius 1 is 1.19 bits per heavy atom. The van der Waals surface area contributed by atoms with Crippen LogP contribution in [0.15, 0.2) is 30.5 Å². The van der Waals surface area contributed by atoms with Gasteiger partial charge in [-0.05, 0) is 70.2 Å². The van der Waals surface area contributed by atoms with Crippen molar-refractivity contribution in [1.29, 1.82) is 5.26 Å². The van der Waals surface area contributed by atoms with Crippen LogP contribution in [-0.2, 0) is 10.9 Å². The lowest BCUT2D eigenvalue weighted by atomic mass is 9.94. The number of alkyl halides is 3. The van der Waals surface area contributed by atoms with Crippen LogP contribution in [0, 0.1) is 17.2 Å². The molecule has 37 heavy (non-hydrogen) atoms. The number of nitrogens with zero attached hydrogens (tertiary/aromatic N) is 4. The zero-order valence-corrected chi connectivity index (χ0v) is 20.9. The molecule has 1 N–H and O–H groups in total. The number of fused-ring (bicyclic) bond motifs is 1. The molecule has 0 atom stereocenters. The summed E-state index contributed by atoms with van der Waals surface area (Å²) in [5.74, 6) is -0.168. The van der Waals surface area contributed by atoms with Crippen molar-refractivity contribution in [2.75, 3.05) is 19.7 Å². The van der Waals surface area contributed by atoms with Crippen molar-refractivity contribution in [3.63, 3.8) is 0 Å². The number of likely N-dealkylation sites (tertiary alicyclic amines) is 1. The van der Waals surface area contributed by atoms with Gasteiger partial charge in [0, 0.05) is 30.2 Å². The van der Waals surface area contributed by atoms with Gasteiger partial charge in [-0.3, -0.25) is 0 Å². The average molecular weight is 516 g/mol. The van der Waals surface area contributed by atoms with Gasteiger partial charge in [-0.2, -0.15) is 18.4 Å². The first-order valence-corrected chi connectivity index (χ1v) is 12.0. The molecule has 3 heterocycles. The molecule has 1 amide bonds. The molecule has 0 bridgehead atoms. The number of benzene rings is 1. The highest BCUT2D eigenvalue weighted by Gasteiger charge is 2.35. The number of nitriles is 1. The van der Waals surface area contributed by atoms with Crippen LogP contribution < -0.4 is 4.74 Å². The number of piperidine rings is 1. The zero-order valence-electron chi connectivity index (χ0n) is 20.9. The van der Waals surface area contributed by atoms with Gasteiger partial charge in [0.1, 0.15) is 23.1 Å². The van der Waals surface area contributed by atoms with Crippen molar-refractivity contribution in [3.05, 3.63) is 41.9 Å². The number of halogens is 3. The van der Waals surface area contributed by atoms with Gasteiger partial charge in [0.05, 0.1) is 17.9 Å². The van der Waals surface area contributed by atoms with Crippen molar-refractivity contribution in [2.24, 2.45) is 5.92 Å². The lowest BCUT2D eigenvalue weighted by Crippen LogP contribution is -2.41. The smallest absolute Gasteiger partial charge is 0.419 e. The van der Waals surface area contributed by atoms with Gasteiger partial charge in [0.2, 0.25) is 5.82 Å². The highest BCUT2D eigenvalue weighted by atomic mass is 19.4. The summed E-state index contributed by atoms with van der Waals surface area (Å²) in [7, 11) is 0. The van der Waals surface area contributed by atoms with E-state index >= 15 is 0 Å². The number of hydrogen-bond acceptors (Lipinski definition) is 6. The number of aromatic amines is 1. The summed E-state index contributed by atoms with van der Waals surface area (Å²) in [6, 6.07) is 7.26. The van der Waals surface area contributed by atoms with Gasteiger partial charge < -0.3 is 19.4 Å². The Labute approximate surface area is 212 Å². The third-order valence-corrected chi connectivity index (χ3v) is 6.12. The summed E-state index contributed by atoms with van der Waals surface area (Å²) >= 11 is 0. The van der Waals surface area contributed by atoms with Crippen LogP contribution >= 0.6 is 0 Å². The minimum atomic E-state index is -4.65. The summed E-state index contributed by atoms with van der Waals surface area (Å²) < 4.78 is 52.8. The van der Waals surface area contributed by atoms with Crippen molar-refractivity contribution >= 4 is 17.1 Å². The molecule has 3 aromatic rings. The molecule has 0 saturated carbocycles. The molecule has 1 saturated heterocycles. The monoisotopic (exact) mass is 515 g/mol. The molecule has 2 aromatic heterocycles. The molecule has 1 aliphatic heterocycles. The fourth-order valence-electron chi connectivity index (χ4n) is 4.30. The van der Waals surface area contributed by atoms with Gasteiger partial charge >= 0.3 is 12.3 Å². The van der Waals surface area contributed by atoms with Crippen LogP contribution in [0.5, 0.6) is 5.75 Å². The number of H-pyrrole nitrogens is 1. The predicted octanol–water partition coefficient (Wildman–Crippen LogP) is 5.93. The Morgan fingerprint density at radius 3 is 2.57 bits per heavy atom. The fraction of sp³-hybridized carbons (Fsp3) is 0.462. The Morgan fingerprint density at radius 2 is 1.92 bits per heavy atom. The van der Waals surface area contributed by atoms with Crippen molar-refractivity contribution < 1.29 is 27.4 Å². The topological polar surface area (TPSA) is 104 Å². The first-order valence-electron chi connectivity index (χ1n) is 12.0. The number of carbonyl (C=O) groups excluding carboxylic acids is 1. The summed E-state index contributed by atoms with van der Waals surface area (Å²) in [5.41, 5.74) is -0.667. The van der Waals surface area contributed by atoms with Crippen LogP contribution in [0.2, 0.25) is 0 Å². The summed E-state index contributed by atoms with van der Waals surface area (Å²) in [4.78, 5) is 24.9. The van der Waals surface area contributed by atoms with E-state index in [-0.39, 0.29) is 41.4 Å². The Hall–Kier alpha value is -3.81. The molecule has 1 aliphatic rings. The fourth-order valence-corrected chi connectivity index (χ4v) is 4.30. The number of hydrogen-bond donors (Lipinski definition) is 1. The normalized spacial score (nSPS) is 15.0. The standard InChI is InChI=1S/C26H28F3N5O3/c1-25(2,3)37-24(35)34-11-7-16(8-12-34)9-13-36-20-5-4-17(14-19(20)26(27,28)29)22-18-6-10-31-23(18)33-21(15-30)32-22/h4-6,10,14,16H,7-9,11-13H2,1-3H3,(H,31,32,33). The quantitative estimate of drug-likeness (QED) is 0.452. The Kier molecular flexibility index (Phi) is 7.30. The molecule has 11 heteroatoms. The van der Waals surface area contributed by atoms with Gasteiger partial charge in [0.25, 0.3) is 0 Å². The maximum Gasteiger partial charge on any atom is 0.419 e. The van der Waals surface area contributed by atoms with E-state index in [4.69, 9.17) is 9.47 Å². The van der Waals surface area contributed by atoms with E-state index in [0.717, 1.165) is 18.9 Å². The third kappa shape index (κ3) is 6.31. The van der Waals surface area contributed by atoms with E-state index in [9.17, 15) is 23.2 Å². The van der Waals surface area contributed by atoms with E-state index < -0.39 is 17.3 Å². The lowest BCUT2D eigenvalue weighted by Gasteiger charge is -2.33. The first kappa shape index (κ1) is 26.3. The molecule has 4 rings (SSSR count). The first-order chi connectivity index (χ1) is 17.4. The van der Waals surface area contributed by atoms with Crippen LogP contribution in [0.1, 0.15) is 51.4 Å². The molecule has 1 aromatic carbocycles. The summed E-state index contributed by atoms with van der Waals surface area (Å²) in [6.07, 6.45) is -1.37. The second-order valence-corrected chi connectivity index (χ2v) is 10.0. The van der Waals surface area contributed by atoms with Gasteiger partial charge in [-0.25, -0.2) is 14.8 Å². The molecule has 8 nitrogen and oxygen atoms in total. The van der Waals surface area contributed by atoms with E-state index in [2.05, 4.69) is 15.0 Å². The lowest BCUT2D eigenvalue weighted by molar-refractivity contribution is -0.138. The Balaban J connectivity index is 1.43. The van der Waals surface area contributed by atoms with Crippen molar-refractivity contribution in [1.82, 2.24) is 19.9 Å². The average Bonchev–Trinajstić information content (AvgIpc) is 3.31. The van der Waals surface area contributed by atoms with Gasteiger partial charge in [-0.15, -0.1) is 0 Å². The minimum absolute atomic E-state index is 0.119. The molecule has 0 radical (unpaired) electrons. The molecule has 1 fully saturated rings.